The molecule has 2 aromatic heterocycles. The maximum absolute atomic E-state index is 11.3. The van der Waals surface area contributed by atoms with Gasteiger partial charge in [0.2, 0.25) is 0 Å². The molecule has 1 N–H and O–H groups in total. The topological polar surface area (TPSA) is 45.8 Å². The maximum atomic E-state index is 11.3. The number of H-pyrrole nitrogens is 1. The monoisotopic (exact) mass is 210 g/mol. The Balaban J connectivity index is 2.44. The van der Waals surface area contributed by atoms with E-state index in [1.54, 1.807) is 13.1 Å². The van der Waals surface area contributed by atoms with Gasteiger partial charge in [-0.3, -0.25) is 9.78 Å². The van der Waals surface area contributed by atoms with E-state index in [1.165, 1.54) is 0 Å². The van der Waals surface area contributed by atoms with Crippen molar-refractivity contribution in [3.8, 4) is 0 Å². The summed E-state index contributed by atoms with van der Waals surface area (Å²) in [6.07, 6.45) is 1.76. The second-order valence-electron chi connectivity index (χ2n) is 3.84. The average Bonchev–Trinajstić information content (AvgIpc) is 2.66. The van der Waals surface area contributed by atoms with Crippen LogP contribution in [0, 0.1) is 0 Å². The zero-order chi connectivity index (χ0) is 11.1. The third kappa shape index (κ3) is 1.21. The summed E-state index contributed by atoms with van der Waals surface area (Å²) in [5.74, 6) is 0.0761. The third-order valence-electron chi connectivity index (χ3n) is 2.76. The van der Waals surface area contributed by atoms with Crippen LogP contribution >= 0.6 is 0 Å². The van der Waals surface area contributed by atoms with E-state index in [0.717, 1.165) is 27.5 Å². The van der Waals surface area contributed by atoms with Crippen molar-refractivity contribution in [2.45, 2.75) is 6.92 Å². The molecule has 0 saturated carbocycles. The fourth-order valence-electron chi connectivity index (χ4n) is 1.93. The molecular weight excluding hydrogens is 200 g/mol. The number of aromatic amines is 1. The molecule has 2 heterocycles. The fourth-order valence-corrected chi connectivity index (χ4v) is 1.93. The predicted octanol–water partition coefficient (Wildman–Crippen LogP) is 2.92. The van der Waals surface area contributed by atoms with E-state index in [1.807, 2.05) is 30.3 Å². The van der Waals surface area contributed by atoms with Crippen molar-refractivity contribution in [1.82, 2.24) is 9.97 Å². The van der Waals surface area contributed by atoms with Crippen LogP contribution in [0.2, 0.25) is 0 Å². The van der Waals surface area contributed by atoms with Gasteiger partial charge in [0.05, 0.1) is 11.0 Å². The summed E-state index contributed by atoms with van der Waals surface area (Å²) >= 11 is 0. The molecule has 78 valence electrons. The number of nitrogens with zero attached hydrogens (tertiary/aromatic N) is 1. The zero-order valence-corrected chi connectivity index (χ0v) is 8.82. The first-order valence-corrected chi connectivity index (χ1v) is 5.13. The molecular formula is C13H10N2O. The van der Waals surface area contributed by atoms with Crippen LogP contribution in [0.5, 0.6) is 0 Å². The molecule has 0 spiro atoms. The predicted molar refractivity (Wildman–Crippen MR) is 63.6 cm³/mol. The molecule has 3 rings (SSSR count). The molecule has 0 radical (unpaired) electrons. The Morgan fingerprint density at radius 2 is 2.12 bits per heavy atom. The lowest BCUT2D eigenvalue weighted by molar-refractivity contribution is 0.101. The Kier molecular flexibility index (Phi) is 1.80. The number of aromatic nitrogens is 2. The van der Waals surface area contributed by atoms with E-state index in [9.17, 15) is 4.79 Å². The minimum atomic E-state index is 0.0761. The number of Topliss-reactive ketones (excluding diaryl/α,β-unsaturated/α-hetero) is 1. The average molecular weight is 210 g/mol. The Labute approximate surface area is 92.1 Å². The summed E-state index contributed by atoms with van der Waals surface area (Å²) in [5.41, 5.74) is 3.65. The lowest BCUT2D eigenvalue weighted by Gasteiger charge is -1.95. The van der Waals surface area contributed by atoms with Gasteiger partial charge in [0.15, 0.2) is 5.78 Å². The van der Waals surface area contributed by atoms with Crippen LogP contribution in [-0.2, 0) is 0 Å². The van der Waals surface area contributed by atoms with Gasteiger partial charge in [-0.05, 0) is 37.3 Å². The van der Waals surface area contributed by atoms with Gasteiger partial charge in [-0.2, -0.15) is 0 Å². The van der Waals surface area contributed by atoms with E-state index in [4.69, 9.17) is 0 Å². The Hall–Kier alpha value is -2.16. The SMILES string of the molecule is CC(=O)c1ccc2[nH]c3cccnc3c2c1. The van der Waals surface area contributed by atoms with Gasteiger partial charge in [0.25, 0.3) is 0 Å². The van der Waals surface area contributed by atoms with Crippen molar-refractivity contribution >= 4 is 27.7 Å². The second kappa shape index (κ2) is 3.17. The second-order valence-corrected chi connectivity index (χ2v) is 3.84. The molecule has 0 amide bonds. The minimum Gasteiger partial charge on any atom is -0.353 e. The highest BCUT2D eigenvalue weighted by molar-refractivity contribution is 6.08. The van der Waals surface area contributed by atoms with Gasteiger partial charge in [-0.1, -0.05) is 0 Å². The summed E-state index contributed by atoms with van der Waals surface area (Å²) in [5, 5.41) is 1.00. The van der Waals surface area contributed by atoms with Gasteiger partial charge in [0.1, 0.15) is 0 Å². The van der Waals surface area contributed by atoms with Crippen LogP contribution in [-0.4, -0.2) is 15.8 Å². The normalized spacial score (nSPS) is 11.1. The van der Waals surface area contributed by atoms with Crippen molar-refractivity contribution in [2.75, 3.05) is 0 Å². The van der Waals surface area contributed by atoms with Crippen LogP contribution in [0.3, 0.4) is 0 Å². The molecule has 0 saturated heterocycles. The van der Waals surface area contributed by atoms with Crippen LogP contribution in [0.1, 0.15) is 17.3 Å². The summed E-state index contributed by atoms with van der Waals surface area (Å²) in [7, 11) is 0. The highest BCUT2D eigenvalue weighted by Gasteiger charge is 2.07. The fraction of sp³-hybridized carbons (Fsp3) is 0.0769. The van der Waals surface area contributed by atoms with Crippen molar-refractivity contribution in [2.24, 2.45) is 0 Å². The van der Waals surface area contributed by atoms with E-state index in [-0.39, 0.29) is 5.78 Å². The van der Waals surface area contributed by atoms with E-state index < -0.39 is 0 Å². The summed E-state index contributed by atoms with van der Waals surface area (Å²) in [6, 6.07) is 9.52. The highest BCUT2D eigenvalue weighted by Crippen LogP contribution is 2.24. The number of carbonyl (C=O) groups excluding carboxylic acids is 1. The molecule has 0 aliphatic carbocycles. The maximum Gasteiger partial charge on any atom is 0.159 e. The lowest BCUT2D eigenvalue weighted by Crippen LogP contribution is -1.90. The van der Waals surface area contributed by atoms with Crippen molar-refractivity contribution < 1.29 is 4.79 Å². The molecule has 3 heteroatoms. The smallest absolute Gasteiger partial charge is 0.159 e. The van der Waals surface area contributed by atoms with Gasteiger partial charge >= 0.3 is 0 Å². The van der Waals surface area contributed by atoms with Crippen molar-refractivity contribution in [3.05, 3.63) is 42.1 Å². The summed E-state index contributed by atoms with van der Waals surface area (Å²) in [4.78, 5) is 18.9. The number of hydrogen-bond acceptors (Lipinski definition) is 2. The Bertz CT molecular complexity index is 697. The van der Waals surface area contributed by atoms with Crippen molar-refractivity contribution in [3.63, 3.8) is 0 Å². The molecule has 0 atom stereocenters. The first-order chi connectivity index (χ1) is 7.75. The van der Waals surface area contributed by atoms with Gasteiger partial charge < -0.3 is 4.98 Å². The molecule has 0 aliphatic rings. The third-order valence-corrected chi connectivity index (χ3v) is 2.76. The van der Waals surface area contributed by atoms with E-state index in [2.05, 4.69) is 9.97 Å². The Morgan fingerprint density at radius 3 is 2.94 bits per heavy atom. The van der Waals surface area contributed by atoms with Gasteiger partial charge in [0, 0.05) is 22.7 Å². The molecule has 0 unspecified atom stereocenters. The number of carbonyl (C=O) groups is 1. The van der Waals surface area contributed by atoms with Crippen LogP contribution in [0.15, 0.2) is 36.5 Å². The molecule has 16 heavy (non-hydrogen) atoms. The van der Waals surface area contributed by atoms with Crippen molar-refractivity contribution in [1.29, 1.82) is 0 Å². The van der Waals surface area contributed by atoms with E-state index >= 15 is 0 Å². The zero-order valence-electron chi connectivity index (χ0n) is 8.82. The lowest BCUT2D eigenvalue weighted by atomic mass is 10.1. The number of ketones is 1. The molecule has 0 aliphatic heterocycles. The summed E-state index contributed by atoms with van der Waals surface area (Å²) in [6.45, 7) is 1.57. The molecule has 3 aromatic rings. The quantitative estimate of drug-likeness (QED) is 0.627. The van der Waals surface area contributed by atoms with Crippen LogP contribution in [0.4, 0.5) is 0 Å². The number of rotatable bonds is 1. The van der Waals surface area contributed by atoms with Gasteiger partial charge in [-0.25, -0.2) is 0 Å². The standard InChI is InChI=1S/C13H10N2O/c1-8(16)9-4-5-11-10(7-9)13-12(15-11)3-2-6-14-13/h2-7,15H,1H3. The first-order valence-electron chi connectivity index (χ1n) is 5.13. The molecule has 3 nitrogen and oxygen atoms in total. The van der Waals surface area contributed by atoms with Gasteiger partial charge in [-0.15, -0.1) is 0 Å². The Morgan fingerprint density at radius 1 is 1.25 bits per heavy atom. The largest absolute Gasteiger partial charge is 0.353 e. The highest BCUT2D eigenvalue weighted by atomic mass is 16.1. The van der Waals surface area contributed by atoms with E-state index in [0.29, 0.717) is 0 Å². The summed E-state index contributed by atoms with van der Waals surface area (Å²) < 4.78 is 0. The number of pyridine rings is 1. The molecule has 1 aromatic carbocycles. The number of nitrogens with one attached hydrogen (secondary N) is 1. The van der Waals surface area contributed by atoms with Crippen LogP contribution < -0.4 is 0 Å². The number of hydrogen-bond donors (Lipinski definition) is 1. The first kappa shape index (κ1) is 9.09. The molecule has 0 bridgehead atoms. The number of benzene rings is 1. The van der Waals surface area contributed by atoms with Crippen LogP contribution in [0.25, 0.3) is 21.9 Å². The number of fused-ring (bicyclic) bond motifs is 3. The minimum absolute atomic E-state index is 0.0761. The molecule has 0 fully saturated rings.